The number of carbonyl (C=O) groups is 2. The van der Waals surface area contributed by atoms with E-state index in [0.717, 1.165) is 11.3 Å². The van der Waals surface area contributed by atoms with Gasteiger partial charge in [0.05, 0.1) is 22.8 Å². The average molecular weight is 346 g/mol. The zero-order valence-corrected chi connectivity index (χ0v) is 13.0. The van der Waals surface area contributed by atoms with Gasteiger partial charge in [-0.1, -0.05) is 23.2 Å². The minimum atomic E-state index is -1.11. The predicted molar refractivity (Wildman–Crippen MR) is 82.2 cm³/mol. The van der Waals surface area contributed by atoms with Crippen LogP contribution in [0.1, 0.15) is 20.0 Å². The Kier molecular flexibility index (Phi) is 4.72. The quantitative estimate of drug-likeness (QED) is 0.877. The fourth-order valence-electron chi connectivity index (χ4n) is 1.65. The molecule has 2 aromatic rings. The van der Waals surface area contributed by atoms with Crippen LogP contribution in [0.2, 0.25) is 10.0 Å². The first kappa shape index (κ1) is 15.6. The number of carboxylic acid groups (broad SMARTS) is 1. The molecule has 0 aliphatic carbocycles. The van der Waals surface area contributed by atoms with E-state index in [2.05, 4.69) is 5.32 Å². The molecule has 0 spiro atoms. The van der Waals surface area contributed by atoms with E-state index >= 15 is 0 Å². The number of amides is 1. The number of benzene rings is 1. The molecular weight excluding hydrogens is 337 g/mol. The van der Waals surface area contributed by atoms with Gasteiger partial charge in [0.25, 0.3) is 5.91 Å². The average Bonchev–Trinajstić information content (AvgIpc) is 2.86. The van der Waals surface area contributed by atoms with Crippen molar-refractivity contribution in [3.63, 3.8) is 0 Å². The predicted octanol–water partition coefficient (Wildman–Crippen LogP) is 4.01. The highest BCUT2D eigenvalue weighted by Gasteiger charge is 2.17. The van der Waals surface area contributed by atoms with Crippen molar-refractivity contribution >= 4 is 52.1 Å². The van der Waals surface area contributed by atoms with Gasteiger partial charge < -0.3 is 15.2 Å². The molecule has 1 heterocycles. The van der Waals surface area contributed by atoms with Crippen LogP contribution in [0, 0.1) is 0 Å². The SMILES string of the molecule is COc1c(Cl)cc(C(=O)Nc2ccsc2C(=O)O)cc1Cl. The van der Waals surface area contributed by atoms with E-state index in [-0.39, 0.29) is 31.9 Å². The lowest BCUT2D eigenvalue weighted by Gasteiger charge is -2.09. The van der Waals surface area contributed by atoms with Gasteiger partial charge in [0.1, 0.15) is 4.88 Å². The van der Waals surface area contributed by atoms with Gasteiger partial charge in [-0.3, -0.25) is 4.79 Å². The fraction of sp³-hybridized carbons (Fsp3) is 0.0769. The Balaban J connectivity index is 2.29. The van der Waals surface area contributed by atoms with Crippen LogP contribution in [0.4, 0.5) is 5.69 Å². The molecule has 0 saturated carbocycles. The molecule has 0 atom stereocenters. The maximum atomic E-state index is 12.1. The van der Waals surface area contributed by atoms with Gasteiger partial charge in [-0.15, -0.1) is 11.3 Å². The number of carboxylic acids is 1. The number of anilines is 1. The molecule has 2 N–H and O–H groups in total. The molecule has 1 aromatic carbocycles. The monoisotopic (exact) mass is 345 g/mol. The summed E-state index contributed by atoms with van der Waals surface area (Å²) in [6, 6.07) is 4.31. The van der Waals surface area contributed by atoms with E-state index in [4.69, 9.17) is 33.0 Å². The number of thiophene rings is 1. The molecule has 0 bridgehead atoms. The van der Waals surface area contributed by atoms with E-state index in [1.54, 1.807) is 5.38 Å². The Morgan fingerprint density at radius 2 is 1.90 bits per heavy atom. The number of rotatable bonds is 4. The summed E-state index contributed by atoms with van der Waals surface area (Å²) in [7, 11) is 1.41. The molecule has 0 aliphatic rings. The Morgan fingerprint density at radius 3 is 2.43 bits per heavy atom. The van der Waals surface area contributed by atoms with Gasteiger partial charge in [-0.05, 0) is 23.6 Å². The number of nitrogens with one attached hydrogen (secondary N) is 1. The van der Waals surface area contributed by atoms with Crippen LogP contribution in [0.3, 0.4) is 0 Å². The third kappa shape index (κ3) is 3.29. The highest BCUT2D eigenvalue weighted by molar-refractivity contribution is 7.12. The van der Waals surface area contributed by atoms with Crippen molar-refractivity contribution in [1.29, 1.82) is 0 Å². The molecule has 5 nitrogen and oxygen atoms in total. The Labute approximate surface area is 134 Å². The minimum Gasteiger partial charge on any atom is -0.494 e. The Morgan fingerprint density at radius 1 is 1.29 bits per heavy atom. The number of halogens is 2. The van der Waals surface area contributed by atoms with Crippen LogP contribution in [0.15, 0.2) is 23.6 Å². The molecule has 0 radical (unpaired) electrons. The van der Waals surface area contributed by atoms with Gasteiger partial charge in [0.2, 0.25) is 0 Å². The zero-order valence-electron chi connectivity index (χ0n) is 10.6. The normalized spacial score (nSPS) is 10.2. The lowest BCUT2D eigenvalue weighted by molar-refractivity contribution is 0.0703. The molecule has 1 amide bonds. The molecule has 0 unspecified atom stereocenters. The van der Waals surface area contributed by atoms with E-state index in [9.17, 15) is 9.59 Å². The van der Waals surface area contributed by atoms with Gasteiger partial charge in [-0.25, -0.2) is 4.79 Å². The summed E-state index contributed by atoms with van der Waals surface area (Å²) in [6.07, 6.45) is 0. The van der Waals surface area contributed by atoms with Crippen molar-refractivity contribution in [3.05, 3.63) is 44.1 Å². The fourth-order valence-corrected chi connectivity index (χ4v) is 2.98. The Hall–Kier alpha value is -1.76. The number of carbonyl (C=O) groups excluding carboxylic acids is 1. The standard InChI is InChI=1S/C13H9Cl2NO4S/c1-20-10-7(14)4-6(5-8(10)15)12(17)16-9-2-3-21-11(9)13(18)19/h2-5H,1H3,(H,16,17)(H,18,19). The first-order chi connectivity index (χ1) is 9.93. The zero-order chi connectivity index (χ0) is 15.6. The largest absolute Gasteiger partial charge is 0.494 e. The number of ether oxygens (including phenoxy) is 1. The van der Waals surface area contributed by atoms with Crippen LogP contribution in [-0.2, 0) is 0 Å². The van der Waals surface area contributed by atoms with Crippen molar-refractivity contribution in [2.45, 2.75) is 0 Å². The van der Waals surface area contributed by atoms with Crippen molar-refractivity contribution in [1.82, 2.24) is 0 Å². The summed E-state index contributed by atoms with van der Waals surface area (Å²) in [5.41, 5.74) is 0.425. The second kappa shape index (κ2) is 6.34. The van der Waals surface area contributed by atoms with Gasteiger partial charge >= 0.3 is 5.97 Å². The molecule has 0 saturated heterocycles. The van der Waals surface area contributed by atoms with Crippen molar-refractivity contribution in [2.75, 3.05) is 12.4 Å². The number of methoxy groups -OCH3 is 1. The van der Waals surface area contributed by atoms with Crippen LogP contribution in [0.25, 0.3) is 0 Å². The van der Waals surface area contributed by atoms with E-state index in [0.29, 0.717) is 0 Å². The first-order valence-corrected chi connectivity index (χ1v) is 7.22. The van der Waals surface area contributed by atoms with E-state index < -0.39 is 11.9 Å². The topological polar surface area (TPSA) is 75.6 Å². The highest BCUT2D eigenvalue weighted by atomic mass is 35.5. The lowest BCUT2D eigenvalue weighted by Crippen LogP contribution is -2.13. The molecule has 2 rings (SSSR count). The number of hydrogen-bond acceptors (Lipinski definition) is 4. The Bertz CT molecular complexity index is 691. The minimum absolute atomic E-state index is 0.0501. The summed E-state index contributed by atoms with van der Waals surface area (Å²) in [5, 5.41) is 13.5. The maximum absolute atomic E-state index is 12.1. The first-order valence-electron chi connectivity index (χ1n) is 5.59. The molecular formula is C13H9Cl2NO4S. The van der Waals surface area contributed by atoms with Crippen molar-refractivity contribution in [3.8, 4) is 5.75 Å². The molecule has 21 heavy (non-hydrogen) atoms. The van der Waals surface area contributed by atoms with Crippen molar-refractivity contribution in [2.24, 2.45) is 0 Å². The maximum Gasteiger partial charge on any atom is 0.348 e. The van der Waals surface area contributed by atoms with E-state index in [1.807, 2.05) is 0 Å². The molecule has 1 aromatic heterocycles. The summed E-state index contributed by atoms with van der Waals surface area (Å²) in [4.78, 5) is 23.2. The highest BCUT2D eigenvalue weighted by Crippen LogP contribution is 2.34. The number of hydrogen-bond donors (Lipinski definition) is 2. The van der Waals surface area contributed by atoms with E-state index in [1.165, 1.54) is 25.3 Å². The van der Waals surface area contributed by atoms with Crippen LogP contribution in [-0.4, -0.2) is 24.1 Å². The van der Waals surface area contributed by atoms with Crippen LogP contribution < -0.4 is 10.1 Å². The second-order valence-electron chi connectivity index (χ2n) is 3.90. The van der Waals surface area contributed by atoms with Gasteiger partial charge in [0, 0.05) is 5.56 Å². The molecule has 8 heteroatoms. The smallest absolute Gasteiger partial charge is 0.348 e. The number of aromatic carboxylic acids is 1. The van der Waals surface area contributed by atoms with Crippen molar-refractivity contribution < 1.29 is 19.4 Å². The summed E-state index contributed by atoms with van der Waals surface area (Å²) < 4.78 is 5.00. The molecule has 0 aliphatic heterocycles. The summed E-state index contributed by atoms with van der Waals surface area (Å²) >= 11 is 12.9. The van der Waals surface area contributed by atoms with Gasteiger partial charge in [0.15, 0.2) is 5.75 Å². The van der Waals surface area contributed by atoms with Crippen LogP contribution in [0.5, 0.6) is 5.75 Å². The van der Waals surface area contributed by atoms with Crippen LogP contribution >= 0.6 is 34.5 Å². The third-order valence-electron chi connectivity index (χ3n) is 2.57. The van der Waals surface area contributed by atoms with Gasteiger partial charge in [-0.2, -0.15) is 0 Å². The molecule has 110 valence electrons. The second-order valence-corrected chi connectivity index (χ2v) is 5.63. The summed E-state index contributed by atoms with van der Waals surface area (Å²) in [5.74, 6) is -1.34. The lowest BCUT2D eigenvalue weighted by atomic mass is 10.2. The third-order valence-corrected chi connectivity index (χ3v) is 4.04. The molecule has 0 fully saturated rings. The summed E-state index contributed by atoms with van der Waals surface area (Å²) in [6.45, 7) is 0.